The molecule has 2 bridgehead atoms. The minimum atomic E-state index is -0.264. The molecule has 22 heavy (non-hydrogen) atoms. The molecule has 4 atom stereocenters. The summed E-state index contributed by atoms with van der Waals surface area (Å²) in [5, 5.41) is 21.5. The predicted octanol–water partition coefficient (Wildman–Crippen LogP) is 2.06. The highest BCUT2D eigenvalue weighted by atomic mass is 16.5. The number of phenolic OH excluding ortho intramolecular Hbond substituents is 1. The highest BCUT2D eigenvalue weighted by Crippen LogP contribution is 2.58. The van der Waals surface area contributed by atoms with Gasteiger partial charge in [-0.3, -0.25) is 0 Å². The molecule has 1 saturated heterocycles. The third kappa shape index (κ3) is 1.71. The van der Waals surface area contributed by atoms with Crippen molar-refractivity contribution >= 4 is 0 Å². The highest BCUT2D eigenvalue weighted by molar-refractivity contribution is 5.56. The van der Waals surface area contributed by atoms with Gasteiger partial charge in [-0.05, 0) is 57.3 Å². The molecule has 4 rings (SSSR count). The zero-order valence-corrected chi connectivity index (χ0v) is 13.4. The van der Waals surface area contributed by atoms with Gasteiger partial charge in [0, 0.05) is 22.9 Å². The third-order valence-electron chi connectivity index (χ3n) is 6.44. The lowest BCUT2D eigenvalue weighted by atomic mass is 9.51. The van der Waals surface area contributed by atoms with Gasteiger partial charge >= 0.3 is 0 Å². The summed E-state index contributed by atoms with van der Waals surface area (Å²) >= 11 is 0. The fourth-order valence-electron chi connectivity index (χ4n) is 5.50. The van der Waals surface area contributed by atoms with E-state index in [2.05, 4.69) is 18.0 Å². The molecule has 0 unspecified atom stereocenters. The van der Waals surface area contributed by atoms with E-state index >= 15 is 0 Å². The number of aliphatic hydroxyl groups is 1. The summed E-state index contributed by atoms with van der Waals surface area (Å²) in [6, 6.07) is 4.36. The van der Waals surface area contributed by atoms with Crippen LogP contribution >= 0.6 is 0 Å². The van der Waals surface area contributed by atoms with Gasteiger partial charge in [0.2, 0.25) is 0 Å². The topological polar surface area (TPSA) is 52.9 Å². The van der Waals surface area contributed by atoms with Gasteiger partial charge in [-0.15, -0.1) is 0 Å². The van der Waals surface area contributed by atoms with E-state index in [1.807, 2.05) is 6.07 Å². The maximum absolute atomic E-state index is 10.8. The van der Waals surface area contributed by atoms with E-state index in [0.717, 1.165) is 44.2 Å². The van der Waals surface area contributed by atoms with E-state index in [0.29, 0.717) is 17.5 Å². The number of aromatic hydroxyl groups is 1. The van der Waals surface area contributed by atoms with Crippen molar-refractivity contribution in [2.75, 3.05) is 20.7 Å². The quantitative estimate of drug-likeness (QED) is 0.834. The van der Waals surface area contributed by atoms with Crippen molar-refractivity contribution in [2.45, 2.75) is 49.7 Å². The van der Waals surface area contributed by atoms with E-state index in [1.165, 1.54) is 5.56 Å². The Balaban J connectivity index is 1.95. The molecule has 0 radical (unpaired) electrons. The molecule has 2 N–H and O–H groups in total. The first-order valence-corrected chi connectivity index (χ1v) is 8.36. The van der Waals surface area contributed by atoms with Gasteiger partial charge in [-0.2, -0.15) is 0 Å². The minimum Gasteiger partial charge on any atom is -0.504 e. The van der Waals surface area contributed by atoms with Gasteiger partial charge in [-0.1, -0.05) is 6.07 Å². The Bertz CT molecular complexity index is 602. The lowest BCUT2D eigenvalue weighted by Crippen LogP contribution is -2.63. The van der Waals surface area contributed by atoms with E-state index in [-0.39, 0.29) is 17.4 Å². The summed E-state index contributed by atoms with van der Waals surface area (Å²) in [4.78, 5) is 2.40. The first-order valence-electron chi connectivity index (χ1n) is 8.36. The smallest absolute Gasteiger partial charge is 0.161 e. The highest BCUT2D eigenvalue weighted by Gasteiger charge is 2.57. The van der Waals surface area contributed by atoms with Crippen LogP contribution in [0.5, 0.6) is 11.5 Å². The number of likely N-dealkylation sites (N-methyl/N-ethyl adjacent to an activating group) is 1. The Labute approximate surface area is 131 Å². The molecule has 1 aromatic rings. The number of likely N-dealkylation sites (tertiary alicyclic amines) is 1. The maximum atomic E-state index is 10.8. The molecule has 0 amide bonds. The second-order valence-corrected chi connectivity index (χ2v) is 7.29. The summed E-state index contributed by atoms with van der Waals surface area (Å²) in [5.74, 6) is 1.09. The van der Waals surface area contributed by atoms with Crippen LogP contribution in [0.1, 0.15) is 36.8 Å². The summed E-state index contributed by atoms with van der Waals surface area (Å²) in [6.45, 7) is 1.03. The number of piperidine rings is 1. The Kier molecular flexibility index (Phi) is 3.17. The number of hydrogen-bond acceptors (Lipinski definition) is 4. The van der Waals surface area contributed by atoms with Gasteiger partial charge in [0.25, 0.3) is 0 Å². The van der Waals surface area contributed by atoms with E-state index in [1.54, 1.807) is 7.11 Å². The Morgan fingerprint density at radius 2 is 2.14 bits per heavy atom. The number of phenols is 1. The molecule has 120 valence electrons. The number of benzene rings is 1. The predicted molar refractivity (Wildman–Crippen MR) is 84.4 cm³/mol. The molecule has 0 aromatic heterocycles. The van der Waals surface area contributed by atoms with Gasteiger partial charge in [0.05, 0.1) is 13.2 Å². The van der Waals surface area contributed by atoms with E-state index < -0.39 is 0 Å². The zero-order chi connectivity index (χ0) is 15.5. The summed E-state index contributed by atoms with van der Waals surface area (Å²) in [5.41, 5.74) is 2.22. The van der Waals surface area contributed by atoms with Crippen LogP contribution in [0, 0.1) is 5.92 Å². The molecule has 4 nitrogen and oxygen atoms in total. The van der Waals surface area contributed by atoms with Crippen LogP contribution in [-0.2, 0) is 11.8 Å². The SMILES string of the molecule is COc1ccc2c(c1O)[C@]13CCC[C@@H](O)[C@H]1[C@H](C2)N(C)CC3. The first-order chi connectivity index (χ1) is 10.6. The molecule has 4 heteroatoms. The largest absolute Gasteiger partial charge is 0.504 e. The molecule has 1 saturated carbocycles. The number of hydrogen-bond donors (Lipinski definition) is 2. The number of rotatable bonds is 1. The van der Waals surface area contributed by atoms with Crippen molar-refractivity contribution in [3.8, 4) is 11.5 Å². The number of ether oxygens (including phenoxy) is 1. The molecule has 1 aromatic carbocycles. The summed E-state index contributed by atoms with van der Waals surface area (Å²) < 4.78 is 5.35. The number of nitrogens with zero attached hydrogens (tertiary/aromatic N) is 1. The molecule has 1 aliphatic heterocycles. The Morgan fingerprint density at radius 1 is 1.32 bits per heavy atom. The minimum absolute atomic E-state index is 0.0823. The third-order valence-corrected chi connectivity index (χ3v) is 6.44. The first kappa shape index (κ1) is 14.3. The van der Waals surface area contributed by atoms with Crippen molar-refractivity contribution in [1.82, 2.24) is 4.90 Å². The van der Waals surface area contributed by atoms with Crippen LogP contribution < -0.4 is 4.74 Å². The zero-order valence-electron chi connectivity index (χ0n) is 13.4. The number of fused-ring (bicyclic) bond motifs is 1. The van der Waals surface area contributed by atoms with Crippen LogP contribution in [0.25, 0.3) is 0 Å². The van der Waals surface area contributed by atoms with Gasteiger partial charge < -0.3 is 19.8 Å². The lowest BCUT2D eigenvalue weighted by molar-refractivity contribution is -0.0754. The molecule has 3 aliphatic rings. The second kappa shape index (κ2) is 4.87. The molecule has 1 heterocycles. The summed E-state index contributed by atoms with van der Waals surface area (Å²) in [6.07, 6.45) is 4.64. The molecule has 2 fully saturated rings. The van der Waals surface area contributed by atoms with Crippen molar-refractivity contribution in [2.24, 2.45) is 5.92 Å². The van der Waals surface area contributed by atoms with Crippen LogP contribution in [0.4, 0.5) is 0 Å². The van der Waals surface area contributed by atoms with Gasteiger partial charge in [0.15, 0.2) is 11.5 Å². The molecule has 0 spiro atoms. The maximum Gasteiger partial charge on any atom is 0.161 e. The van der Waals surface area contributed by atoms with Crippen LogP contribution in [0.15, 0.2) is 12.1 Å². The lowest BCUT2D eigenvalue weighted by Gasteiger charge is -2.59. The van der Waals surface area contributed by atoms with E-state index in [4.69, 9.17) is 4.74 Å². The molecular weight excluding hydrogens is 278 g/mol. The van der Waals surface area contributed by atoms with Gasteiger partial charge in [0.1, 0.15) is 0 Å². The molecular formula is C18H25NO3. The van der Waals surface area contributed by atoms with Crippen LogP contribution in [0.3, 0.4) is 0 Å². The second-order valence-electron chi connectivity index (χ2n) is 7.29. The Morgan fingerprint density at radius 3 is 2.91 bits per heavy atom. The van der Waals surface area contributed by atoms with Crippen molar-refractivity contribution in [1.29, 1.82) is 0 Å². The monoisotopic (exact) mass is 303 g/mol. The fraction of sp³-hybridized carbons (Fsp3) is 0.667. The average Bonchev–Trinajstić information content (AvgIpc) is 2.51. The summed E-state index contributed by atoms with van der Waals surface area (Å²) in [7, 11) is 3.77. The Hall–Kier alpha value is -1.26. The van der Waals surface area contributed by atoms with Crippen LogP contribution in [-0.4, -0.2) is 48.0 Å². The number of methoxy groups -OCH3 is 1. The van der Waals surface area contributed by atoms with Gasteiger partial charge in [-0.25, -0.2) is 0 Å². The fourth-order valence-corrected chi connectivity index (χ4v) is 5.50. The van der Waals surface area contributed by atoms with E-state index in [9.17, 15) is 10.2 Å². The van der Waals surface area contributed by atoms with Crippen LogP contribution in [0.2, 0.25) is 0 Å². The number of aliphatic hydroxyl groups excluding tert-OH is 1. The van der Waals surface area contributed by atoms with Crippen molar-refractivity contribution in [3.63, 3.8) is 0 Å². The van der Waals surface area contributed by atoms with Crippen molar-refractivity contribution in [3.05, 3.63) is 23.3 Å². The normalized spacial score (nSPS) is 37.3. The van der Waals surface area contributed by atoms with Crippen molar-refractivity contribution < 1.29 is 14.9 Å². The average molecular weight is 303 g/mol. The standard InChI is InChI=1S/C18H25NO3/c1-19-9-8-18-7-3-4-13(20)16(18)12(19)10-11-5-6-14(22-2)17(21)15(11)18/h5-6,12-13,16,20-21H,3-4,7-10H2,1-2H3/t12-,13+,16+,18+/m0/s1. The molecule has 2 aliphatic carbocycles.